The van der Waals surface area contributed by atoms with Crippen molar-refractivity contribution in [2.75, 3.05) is 33.2 Å². The minimum absolute atomic E-state index is 0. The summed E-state index contributed by atoms with van der Waals surface area (Å²) in [7, 11) is 1.62. The van der Waals surface area contributed by atoms with Crippen molar-refractivity contribution in [2.24, 2.45) is 10.9 Å². The van der Waals surface area contributed by atoms with Crippen molar-refractivity contribution in [3.8, 4) is 0 Å². The maximum Gasteiger partial charge on any atom is 0.401 e. The first-order valence-corrected chi connectivity index (χ1v) is 8.25. The minimum Gasteiger partial charge on any atom is -0.356 e. The average molecular weight is 488 g/mol. The fourth-order valence-electron chi connectivity index (χ4n) is 2.87. The maximum atomic E-state index is 13.5. The second-order valence-electron chi connectivity index (χ2n) is 6.40. The third-order valence-corrected chi connectivity index (χ3v) is 4.25. The molecule has 4 nitrogen and oxygen atoms in total. The Kier molecular flexibility index (Phi) is 9.08. The molecule has 1 atom stereocenters. The van der Waals surface area contributed by atoms with E-state index in [2.05, 4.69) is 15.6 Å². The van der Waals surface area contributed by atoms with Crippen molar-refractivity contribution >= 4 is 29.9 Å². The molecule has 26 heavy (non-hydrogen) atoms. The summed E-state index contributed by atoms with van der Waals surface area (Å²) < 4.78 is 50.7. The number of aliphatic imine (C=N–C) groups is 1. The van der Waals surface area contributed by atoms with Gasteiger partial charge in [-0.15, -0.1) is 24.0 Å². The fraction of sp³-hybridized carbons (Fsp3) is 0.588. The lowest BCUT2D eigenvalue weighted by atomic mass is 10.1. The molecule has 1 unspecified atom stereocenters. The van der Waals surface area contributed by atoms with Gasteiger partial charge in [-0.1, -0.05) is 12.1 Å². The highest BCUT2D eigenvalue weighted by molar-refractivity contribution is 14.0. The first-order valence-electron chi connectivity index (χ1n) is 8.25. The first-order chi connectivity index (χ1) is 11.8. The molecule has 148 valence electrons. The van der Waals surface area contributed by atoms with E-state index in [4.69, 9.17) is 0 Å². The van der Waals surface area contributed by atoms with Gasteiger partial charge in [0.25, 0.3) is 0 Å². The van der Waals surface area contributed by atoms with Gasteiger partial charge in [-0.2, -0.15) is 13.2 Å². The highest BCUT2D eigenvalue weighted by Crippen LogP contribution is 2.22. The topological polar surface area (TPSA) is 39.7 Å². The van der Waals surface area contributed by atoms with Crippen molar-refractivity contribution in [2.45, 2.75) is 26.1 Å². The molecule has 0 bridgehead atoms. The van der Waals surface area contributed by atoms with E-state index in [9.17, 15) is 17.6 Å². The number of rotatable bonds is 5. The normalized spacial score (nSPS) is 18.5. The highest BCUT2D eigenvalue weighted by Gasteiger charge is 2.34. The average Bonchev–Trinajstić information content (AvgIpc) is 2.96. The number of nitrogens with one attached hydrogen (secondary N) is 2. The molecule has 1 heterocycles. The van der Waals surface area contributed by atoms with Crippen LogP contribution in [0.5, 0.6) is 0 Å². The maximum absolute atomic E-state index is 13.5. The monoisotopic (exact) mass is 488 g/mol. The van der Waals surface area contributed by atoms with Crippen molar-refractivity contribution < 1.29 is 17.6 Å². The van der Waals surface area contributed by atoms with Crippen LogP contribution < -0.4 is 10.6 Å². The molecular weight excluding hydrogens is 463 g/mol. The van der Waals surface area contributed by atoms with Gasteiger partial charge in [0.1, 0.15) is 5.82 Å². The number of guanidine groups is 1. The summed E-state index contributed by atoms with van der Waals surface area (Å²) in [6, 6.07) is 5.03. The van der Waals surface area contributed by atoms with Crippen molar-refractivity contribution in [3.05, 3.63) is 35.1 Å². The second-order valence-corrected chi connectivity index (χ2v) is 6.40. The molecule has 0 saturated carbocycles. The largest absolute Gasteiger partial charge is 0.401 e. The molecule has 0 amide bonds. The Labute approximate surface area is 168 Å². The van der Waals surface area contributed by atoms with E-state index < -0.39 is 12.7 Å². The van der Waals surface area contributed by atoms with Crippen molar-refractivity contribution in [1.29, 1.82) is 0 Å². The van der Waals surface area contributed by atoms with Gasteiger partial charge in [-0.05, 0) is 43.0 Å². The number of alkyl halides is 3. The van der Waals surface area contributed by atoms with Crippen LogP contribution in [0.15, 0.2) is 23.2 Å². The molecule has 0 aliphatic carbocycles. The van der Waals surface area contributed by atoms with Gasteiger partial charge in [0.05, 0.1) is 6.54 Å². The number of aryl methyl sites for hydroxylation is 1. The molecule has 1 aliphatic rings. The number of nitrogens with zero attached hydrogens (tertiary/aromatic N) is 2. The van der Waals surface area contributed by atoms with Crippen LogP contribution in [0.4, 0.5) is 17.6 Å². The molecule has 2 N–H and O–H groups in total. The molecule has 9 heteroatoms. The van der Waals surface area contributed by atoms with E-state index in [0.29, 0.717) is 37.7 Å². The zero-order valence-corrected chi connectivity index (χ0v) is 17.2. The van der Waals surface area contributed by atoms with Gasteiger partial charge < -0.3 is 10.6 Å². The zero-order valence-electron chi connectivity index (χ0n) is 14.9. The molecule has 1 fully saturated rings. The summed E-state index contributed by atoms with van der Waals surface area (Å²) in [5.41, 5.74) is 1.39. The highest BCUT2D eigenvalue weighted by atomic mass is 127. The Bertz CT molecular complexity index is 607. The number of hydrogen-bond acceptors (Lipinski definition) is 2. The van der Waals surface area contributed by atoms with Gasteiger partial charge >= 0.3 is 6.18 Å². The number of benzene rings is 1. The van der Waals surface area contributed by atoms with Gasteiger partial charge in [0, 0.05) is 26.7 Å². The Morgan fingerprint density at radius 1 is 1.31 bits per heavy atom. The molecule has 0 aromatic heterocycles. The molecule has 0 radical (unpaired) electrons. The predicted octanol–water partition coefficient (Wildman–Crippen LogP) is 3.30. The molecule has 1 aromatic rings. The summed E-state index contributed by atoms with van der Waals surface area (Å²) >= 11 is 0. The number of hydrogen-bond donors (Lipinski definition) is 2. The zero-order chi connectivity index (χ0) is 18.4. The fourth-order valence-corrected chi connectivity index (χ4v) is 2.87. The lowest BCUT2D eigenvalue weighted by Crippen LogP contribution is -2.40. The lowest BCUT2D eigenvalue weighted by Gasteiger charge is -2.18. The van der Waals surface area contributed by atoms with E-state index in [1.807, 2.05) is 6.07 Å². The van der Waals surface area contributed by atoms with E-state index in [1.54, 1.807) is 20.0 Å². The third kappa shape index (κ3) is 7.65. The summed E-state index contributed by atoms with van der Waals surface area (Å²) in [6.45, 7) is 2.71. The van der Waals surface area contributed by atoms with Crippen LogP contribution in [0, 0.1) is 18.7 Å². The SMILES string of the molecule is CN=C(NCc1ccc(C)c(F)c1)NCC1CCN(CC(F)(F)F)C1.I. The quantitative estimate of drug-likeness (QED) is 0.289. The van der Waals surface area contributed by atoms with Crippen LogP contribution in [0.3, 0.4) is 0 Å². The Balaban J connectivity index is 0.00000338. The van der Waals surface area contributed by atoms with E-state index in [1.165, 1.54) is 11.0 Å². The van der Waals surface area contributed by atoms with Crippen LogP contribution in [0.2, 0.25) is 0 Å². The van der Waals surface area contributed by atoms with Gasteiger partial charge in [0.15, 0.2) is 5.96 Å². The summed E-state index contributed by atoms with van der Waals surface area (Å²) in [6.07, 6.45) is -3.42. The first kappa shape index (κ1) is 22.9. The van der Waals surface area contributed by atoms with E-state index >= 15 is 0 Å². The van der Waals surface area contributed by atoms with Crippen LogP contribution in [0.1, 0.15) is 17.5 Å². The molecule has 1 aromatic carbocycles. The number of likely N-dealkylation sites (tertiary alicyclic amines) is 1. The third-order valence-electron chi connectivity index (χ3n) is 4.25. The summed E-state index contributed by atoms with van der Waals surface area (Å²) in [5, 5.41) is 6.21. The molecule has 1 aliphatic heterocycles. The molecule has 0 spiro atoms. The van der Waals surface area contributed by atoms with Crippen LogP contribution in [-0.4, -0.2) is 50.3 Å². The smallest absolute Gasteiger partial charge is 0.356 e. The van der Waals surface area contributed by atoms with E-state index in [0.717, 1.165) is 12.0 Å². The molecular formula is C17H25F4IN4. The Morgan fingerprint density at radius 2 is 2.04 bits per heavy atom. The molecule has 2 rings (SSSR count). The van der Waals surface area contributed by atoms with Gasteiger partial charge in [0.2, 0.25) is 0 Å². The Hall–Kier alpha value is -1.10. The van der Waals surface area contributed by atoms with Gasteiger partial charge in [-0.3, -0.25) is 9.89 Å². The predicted molar refractivity (Wildman–Crippen MR) is 105 cm³/mol. The molecule has 1 saturated heterocycles. The van der Waals surface area contributed by atoms with Crippen LogP contribution >= 0.6 is 24.0 Å². The Morgan fingerprint density at radius 3 is 2.65 bits per heavy atom. The number of halogens is 5. The van der Waals surface area contributed by atoms with Crippen LogP contribution in [0.25, 0.3) is 0 Å². The summed E-state index contributed by atoms with van der Waals surface area (Å²) in [4.78, 5) is 5.52. The lowest BCUT2D eigenvalue weighted by molar-refractivity contribution is -0.143. The van der Waals surface area contributed by atoms with Gasteiger partial charge in [-0.25, -0.2) is 4.39 Å². The van der Waals surface area contributed by atoms with Crippen molar-refractivity contribution in [1.82, 2.24) is 15.5 Å². The van der Waals surface area contributed by atoms with Crippen molar-refractivity contribution in [3.63, 3.8) is 0 Å². The second kappa shape index (κ2) is 10.3. The van der Waals surface area contributed by atoms with Crippen LogP contribution in [-0.2, 0) is 6.54 Å². The standard InChI is InChI=1S/C17H24F4N4.HI/c1-12-3-4-13(7-15(12)18)8-23-16(22-2)24-9-14-5-6-25(10-14)11-17(19,20)21;/h3-4,7,14H,5-6,8-11H2,1-2H3,(H2,22,23,24);1H. The minimum atomic E-state index is -4.15. The summed E-state index contributed by atoms with van der Waals surface area (Å²) in [5.74, 6) is 0.450. The van der Waals surface area contributed by atoms with E-state index in [-0.39, 0.29) is 35.7 Å².